The molecule has 7 heteroatoms. The van der Waals surface area contributed by atoms with E-state index in [0.29, 0.717) is 29.6 Å². The summed E-state index contributed by atoms with van der Waals surface area (Å²) >= 11 is 5.84. The van der Waals surface area contributed by atoms with E-state index in [2.05, 4.69) is 4.98 Å². The number of morpholine rings is 1. The Labute approximate surface area is 138 Å². The summed E-state index contributed by atoms with van der Waals surface area (Å²) in [6, 6.07) is 8.00. The number of hydrogen-bond acceptors (Lipinski definition) is 4. The van der Waals surface area contributed by atoms with E-state index in [0.717, 1.165) is 4.57 Å². The van der Waals surface area contributed by atoms with Crippen LogP contribution in [0.5, 0.6) is 0 Å². The zero-order chi connectivity index (χ0) is 16.6. The van der Waals surface area contributed by atoms with Crippen molar-refractivity contribution in [2.75, 3.05) is 18.0 Å². The predicted molar refractivity (Wildman–Crippen MR) is 89.9 cm³/mol. The highest BCUT2D eigenvalue weighted by molar-refractivity contribution is 6.30. The molecule has 6 nitrogen and oxygen atoms in total. The van der Waals surface area contributed by atoms with Gasteiger partial charge in [0.25, 0.3) is 5.56 Å². The molecule has 1 saturated heterocycles. The van der Waals surface area contributed by atoms with Crippen LogP contribution in [0, 0.1) is 0 Å². The summed E-state index contributed by atoms with van der Waals surface area (Å²) in [4.78, 5) is 29.5. The van der Waals surface area contributed by atoms with Gasteiger partial charge in [-0.25, -0.2) is 9.36 Å². The first-order valence-electron chi connectivity index (χ1n) is 7.47. The maximum atomic E-state index is 12.4. The molecule has 0 spiro atoms. The number of H-pyrrole nitrogens is 1. The van der Waals surface area contributed by atoms with Gasteiger partial charge in [0.15, 0.2) is 0 Å². The lowest BCUT2D eigenvalue weighted by atomic mass is 10.2. The van der Waals surface area contributed by atoms with Crippen LogP contribution >= 0.6 is 11.6 Å². The molecule has 2 heterocycles. The molecule has 1 aromatic heterocycles. The van der Waals surface area contributed by atoms with Crippen molar-refractivity contribution in [1.82, 2.24) is 9.55 Å². The molecule has 2 atom stereocenters. The SMILES string of the molecule is CC1CN(c2cc(=O)n(-c3ccc(Cl)cc3)c(=O)[nH]2)CC(C)O1. The summed E-state index contributed by atoms with van der Waals surface area (Å²) in [5, 5.41) is 0.547. The molecule has 0 amide bonds. The molecule has 2 aromatic rings. The number of hydrogen-bond donors (Lipinski definition) is 1. The fraction of sp³-hybridized carbons (Fsp3) is 0.375. The van der Waals surface area contributed by atoms with Crippen molar-refractivity contribution in [3.8, 4) is 5.69 Å². The predicted octanol–water partition coefficient (Wildman–Crippen LogP) is 1.79. The lowest BCUT2D eigenvalue weighted by Crippen LogP contribution is -2.47. The molecule has 23 heavy (non-hydrogen) atoms. The first-order valence-corrected chi connectivity index (χ1v) is 7.84. The average molecular weight is 336 g/mol. The van der Waals surface area contributed by atoms with Crippen molar-refractivity contribution in [3.05, 3.63) is 56.2 Å². The second-order valence-corrected chi connectivity index (χ2v) is 6.21. The van der Waals surface area contributed by atoms with Crippen LogP contribution in [-0.2, 0) is 4.74 Å². The molecule has 3 rings (SSSR count). The van der Waals surface area contributed by atoms with Crippen molar-refractivity contribution in [1.29, 1.82) is 0 Å². The van der Waals surface area contributed by atoms with Gasteiger partial charge in [0.2, 0.25) is 0 Å². The second-order valence-electron chi connectivity index (χ2n) is 5.77. The van der Waals surface area contributed by atoms with E-state index in [1.54, 1.807) is 24.3 Å². The van der Waals surface area contributed by atoms with Crippen molar-refractivity contribution in [2.45, 2.75) is 26.1 Å². The average Bonchev–Trinajstić information content (AvgIpc) is 2.47. The van der Waals surface area contributed by atoms with E-state index in [-0.39, 0.29) is 17.8 Å². The van der Waals surface area contributed by atoms with E-state index >= 15 is 0 Å². The Balaban J connectivity index is 1.99. The van der Waals surface area contributed by atoms with E-state index in [4.69, 9.17) is 16.3 Å². The van der Waals surface area contributed by atoms with Crippen LogP contribution in [0.3, 0.4) is 0 Å². The van der Waals surface area contributed by atoms with Crippen LogP contribution in [0.4, 0.5) is 5.82 Å². The molecule has 0 bridgehead atoms. The molecule has 2 unspecified atom stereocenters. The monoisotopic (exact) mass is 335 g/mol. The molecule has 0 saturated carbocycles. The van der Waals surface area contributed by atoms with E-state index in [1.807, 2.05) is 18.7 Å². The number of halogens is 1. The normalized spacial score (nSPS) is 21.4. The fourth-order valence-corrected chi connectivity index (χ4v) is 2.99. The van der Waals surface area contributed by atoms with Crippen LogP contribution in [0.1, 0.15) is 13.8 Å². The molecule has 1 aromatic carbocycles. The summed E-state index contributed by atoms with van der Waals surface area (Å²) in [5.74, 6) is 0.521. The lowest BCUT2D eigenvalue weighted by molar-refractivity contribution is -0.00549. The number of anilines is 1. The minimum absolute atomic E-state index is 0.0425. The number of rotatable bonds is 2. The van der Waals surface area contributed by atoms with Crippen LogP contribution in [-0.4, -0.2) is 34.8 Å². The van der Waals surface area contributed by atoms with Crippen LogP contribution in [0.25, 0.3) is 5.69 Å². The highest BCUT2D eigenvalue weighted by Gasteiger charge is 2.23. The molecule has 0 radical (unpaired) electrons. The van der Waals surface area contributed by atoms with Gasteiger partial charge in [0.05, 0.1) is 17.9 Å². The third-order valence-electron chi connectivity index (χ3n) is 3.76. The molecule has 1 N–H and O–H groups in total. The topological polar surface area (TPSA) is 67.3 Å². The maximum absolute atomic E-state index is 12.4. The third-order valence-corrected chi connectivity index (χ3v) is 4.02. The van der Waals surface area contributed by atoms with Gasteiger partial charge < -0.3 is 9.64 Å². The summed E-state index contributed by atoms with van der Waals surface area (Å²) in [6.45, 7) is 5.20. The minimum atomic E-state index is -0.471. The quantitative estimate of drug-likeness (QED) is 0.908. The Morgan fingerprint density at radius 2 is 1.74 bits per heavy atom. The fourth-order valence-electron chi connectivity index (χ4n) is 2.86. The molecule has 122 valence electrons. The van der Waals surface area contributed by atoms with Gasteiger partial charge in [-0.2, -0.15) is 0 Å². The van der Waals surface area contributed by atoms with Crippen LogP contribution < -0.4 is 16.1 Å². The van der Waals surface area contributed by atoms with Gasteiger partial charge in [0, 0.05) is 24.2 Å². The van der Waals surface area contributed by atoms with E-state index < -0.39 is 5.69 Å². The first-order chi connectivity index (χ1) is 10.9. The molecule has 1 aliphatic rings. The second kappa shape index (κ2) is 6.22. The summed E-state index contributed by atoms with van der Waals surface area (Å²) in [5.41, 5.74) is -0.365. The van der Waals surface area contributed by atoms with Crippen molar-refractivity contribution in [2.24, 2.45) is 0 Å². The Bertz CT molecular complexity index is 771. The van der Waals surface area contributed by atoms with Gasteiger partial charge in [-0.3, -0.25) is 9.78 Å². The zero-order valence-corrected chi connectivity index (χ0v) is 13.7. The third kappa shape index (κ3) is 3.33. The van der Waals surface area contributed by atoms with Crippen molar-refractivity contribution < 1.29 is 4.74 Å². The molecular weight excluding hydrogens is 318 g/mol. The number of aromatic amines is 1. The Morgan fingerprint density at radius 3 is 2.30 bits per heavy atom. The number of benzene rings is 1. The van der Waals surface area contributed by atoms with Crippen LogP contribution in [0.2, 0.25) is 5.02 Å². The highest BCUT2D eigenvalue weighted by atomic mass is 35.5. The maximum Gasteiger partial charge on any atom is 0.334 e. The summed E-state index contributed by atoms with van der Waals surface area (Å²) in [7, 11) is 0. The van der Waals surface area contributed by atoms with E-state index in [9.17, 15) is 9.59 Å². The van der Waals surface area contributed by atoms with Gasteiger partial charge in [-0.1, -0.05) is 11.6 Å². The smallest absolute Gasteiger partial charge is 0.334 e. The molecule has 0 aliphatic carbocycles. The Morgan fingerprint density at radius 1 is 1.13 bits per heavy atom. The number of ether oxygens (including phenoxy) is 1. The standard InChI is InChI=1S/C16H18ClN3O3/c1-10-8-19(9-11(2)23-10)14-7-15(21)20(16(22)18-14)13-5-3-12(17)4-6-13/h3-7,10-11H,8-9H2,1-2H3,(H,18,22). The Kier molecular flexibility index (Phi) is 4.28. The molecular formula is C16H18ClN3O3. The molecule has 1 aliphatic heterocycles. The van der Waals surface area contributed by atoms with Gasteiger partial charge in [-0.15, -0.1) is 0 Å². The number of nitrogens with one attached hydrogen (secondary N) is 1. The summed E-state index contributed by atoms with van der Waals surface area (Å²) in [6.07, 6.45) is 0.0851. The largest absolute Gasteiger partial charge is 0.372 e. The highest BCUT2D eigenvalue weighted by Crippen LogP contribution is 2.16. The van der Waals surface area contributed by atoms with Gasteiger partial charge >= 0.3 is 5.69 Å². The van der Waals surface area contributed by atoms with E-state index in [1.165, 1.54) is 6.07 Å². The van der Waals surface area contributed by atoms with Crippen LogP contribution in [0.15, 0.2) is 39.9 Å². The van der Waals surface area contributed by atoms with Crippen molar-refractivity contribution in [3.63, 3.8) is 0 Å². The van der Waals surface area contributed by atoms with Gasteiger partial charge in [-0.05, 0) is 38.1 Å². The molecule has 1 fully saturated rings. The zero-order valence-electron chi connectivity index (χ0n) is 13.0. The summed E-state index contributed by atoms with van der Waals surface area (Å²) < 4.78 is 6.76. The lowest BCUT2D eigenvalue weighted by Gasteiger charge is -2.36. The Hall–Kier alpha value is -2.05. The first kappa shape index (κ1) is 15.8. The van der Waals surface area contributed by atoms with Gasteiger partial charge in [0.1, 0.15) is 5.82 Å². The number of aromatic nitrogens is 2. The minimum Gasteiger partial charge on any atom is -0.372 e. The number of nitrogens with zero attached hydrogens (tertiary/aromatic N) is 2. The van der Waals surface area contributed by atoms with Crippen molar-refractivity contribution >= 4 is 17.4 Å².